The van der Waals surface area contributed by atoms with Gasteiger partial charge in [0.25, 0.3) is 5.56 Å². The molecule has 26 heavy (non-hydrogen) atoms. The van der Waals surface area contributed by atoms with Crippen molar-refractivity contribution in [1.29, 1.82) is 5.26 Å². The van der Waals surface area contributed by atoms with Crippen LogP contribution in [0.1, 0.15) is 37.6 Å². The van der Waals surface area contributed by atoms with Crippen LogP contribution in [-0.4, -0.2) is 21.5 Å². The Morgan fingerprint density at radius 2 is 2.19 bits per heavy atom. The number of carbonyl (C=O) groups is 1. The van der Waals surface area contributed by atoms with Crippen molar-refractivity contribution >= 4 is 39.1 Å². The van der Waals surface area contributed by atoms with Crippen LogP contribution in [0.2, 0.25) is 0 Å². The first-order valence-corrected chi connectivity index (χ1v) is 10.1. The fourth-order valence-electron chi connectivity index (χ4n) is 2.54. The van der Waals surface area contributed by atoms with E-state index in [-0.39, 0.29) is 28.4 Å². The summed E-state index contributed by atoms with van der Waals surface area (Å²) in [7, 11) is 0. The van der Waals surface area contributed by atoms with Crippen molar-refractivity contribution in [3.05, 3.63) is 32.1 Å². The molecule has 0 saturated carbocycles. The number of thiophene rings is 1. The van der Waals surface area contributed by atoms with Crippen LogP contribution in [0.4, 0.5) is 0 Å². The Balaban J connectivity index is 2.30. The first-order valence-electron chi connectivity index (χ1n) is 8.33. The molecule has 138 valence electrons. The van der Waals surface area contributed by atoms with Gasteiger partial charge in [-0.2, -0.15) is 5.26 Å². The lowest BCUT2D eigenvalue weighted by Crippen LogP contribution is -2.13. The first kappa shape index (κ1) is 20.2. The molecule has 0 saturated heterocycles. The van der Waals surface area contributed by atoms with Gasteiger partial charge < -0.3 is 10.7 Å². The van der Waals surface area contributed by atoms with Crippen molar-refractivity contribution in [1.82, 2.24) is 9.97 Å². The van der Waals surface area contributed by atoms with Gasteiger partial charge in [-0.3, -0.25) is 9.59 Å². The lowest BCUT2D eigenvalue weighted by molar-refractivity contribution is -0.112. The van der Waals surface area contributed by atoms with Gasteiger partial charge in [-0.25, -0.2) is 4.98 Å². The van der Waals surface area contributed by atoms with E-state index in [0.29, 0.717) is 21.3 Å². The Morgan fingerprint density at radius 3 is 2.77 bits per heavy atom. The zero-order valence-electron chi connectivity index (χ0n) is 15.3. The third-order valence-corrected chi connectivity index (χ3v) is 6.13. The number of nitrogens with two attached hydrogens (primary N) is 1. The van der Waals surface area contributed by atoms with Crippen LogP contribution >= 0.6 is 23.1 Å². The van der Waals surface area contributed by atoms with Crippen LogP contribution in [0.3, 0.4) is 0 Å². The second-order valence-electron chi connectivity index (χ2n) is 6.29. The predicted molar refractivity (Wildman–Crippen MR) is 106 cm³/mol. The van der Waals surface area contributed by atoms with Gasteiger partial charge in [0.05, 0.1) is 11.1 Å². The van der Waals surface area contributed by atoms with Crippen molar-refractivity contribution in [2.45, 2.75) is 45.7 Å². The Hall–Kier alpha value is -2.11. The third kappa shape index (κ3) is 4.34. The molecule has 2 heterocycles. The molecule has 1 atom stereocenters. The standard InChI is InChI=1S/C18H22N4O2S2/c1-5-9(2)6-12-11(4)26-17-15(12)16(24)21-18(22-17)25-8-14(23)13(7-19)10(3)20/h9H,5-6,8,20H2,1-4H3,(H,21,22,24)/b13-10+. The van der Waals surface area contributed by atoms with E-state index in [4.69, 9.17) is 11.0 Å². The number of carbonyl (C=O) groups excluding carboxylic acids is 1. The van der Waals surface area contributed by atoms with Crippen LogP contribution in [0, 0.1) is 24.2 Å². The van der Waals surface area contributed by atoms with E-state index in [0.717, 1.165) is 35.0 Å². The maximum absolute atomic E-state index is 12.6. The highest BCUT2D eigenvalue weighted by Crippen LogP contribution is 2.30. The molecule has 0 aliphatic rings. The van der Waals surface area contributed by atoms with Gasteiger partial charge in [0.2, 0.25) is 0 Å². The number of thioether (sulfide) groups is 1. The number of fused-ring (bicyclic) bond motifs is 1. The Labute approximate surface area is 160 Å². The molecule has 2 aromatic rings. The normalized spacial score (nSPS) is 13.3. The number of H-pyrrole nitrogens is 1. The summed E-state index contributed by atoms with van der Waals surface area (Å²) >= 11 is 2.60. The lowest BCUT2D eigenvalue weighted by Gasteiger charge is -2.08. The molecule has 1 unspecified atom stereocenters. The van der Waals surface area contributed by atoms with E-state index in [9.17, 15) is 9.59 Å². The van der Waals surface area contributed by atoms with E-state index < -0.39 is 0 Å². The number of nitriles is 1. The largest absolute Gasteiger partial charge is 0.401 e. The fourth-order valence-corrected chi connectivity index (χ4v) is 4.38. The molecule has 0 aliphatic carbocycles. The van der Waals surface area contributed by atoms with Crippen molar-refractivity contribution in [2.75, 3.05) is 5.75 Å². The average molecular weight is 391 g/mol. The van der Waals surface area contributed by atoms with Crippen molar-refractivity contribution in [3.8, 4) is 6.07 Å². The molecule has 0 aliphatic heterocycles. The summed E-state index contributed by atoms with van der Waals surface area (Å²) in [4.78, 5) is 33.7. The number of ketones is 1. The maximum Gasteiger partial charge on any atom is 0.260 e. The number of aromatic nitrogens is 2. The average Bonchev–Trinajstić information content (AvgIpc) is 2.89. The van der Waals surface area contributed by atoms with Gasteiger partial charge in [0, 0.05) is 10.6 Å². The van der Waals surface area contributed by atoms with Gasteiger partial charge in [-0.15, -0.1) is 11.3 Å². The number of Topliss-reactive ketones (excluding diaryl/α,β-unsaturated/α-hetero) is 1. The third-order valence-electron chi connectivity index (χ3n) is 4.22. The summed E-state index contributed by atoms with van der Waals surface area (Å²) in [5.74, 6) is 0.115. The zero-order valence-corrected chi connectivity index (χ0v) is 16.9. The molecule has 6 nitrogen and oxygen atoms in total. The Morgan fingerprint density at radius 1 is 1.50 bits per heavy atom. The summed E-state index contributed by atoms with van der Waals surface area (Å²) in [5.41, 5.74) is 6.56. The van der Waals surface area contributed by atoms with Gasteiger partial charge in [-0.05, 0) is 31.7 Å². The first-order chi connectivity index (χ1) is 12.3. The second kappa shape index (κ2) is 8.52. The van der Waals surface area contributed by atoms with Gasteiger partial charge in [0.1, 0.15) is 16.5 Å². The van der Waals surface area contributed by atoms with E-state index in [2.05, 4.69) is 23.8 Å². The van der Waals surface area contributed by atoms with E-state index in [1.165, 1.54) is 18.3 Å². The van der Waals surface area contributed by atoms with Crippen LogP contribution in [0.15, 0.2) is 21.2 Å². The lowest BCUT2D eigenvalue weighted by atomic mass is 9.98. The highest BCUT2D eigenvalue weighted by molar-refractivity contribution is 7.99. The maximum atomic E-state index is 12.6. The summed E-state index contributed by atoms with van der Waals surface area (Å²) in [5, 5.41) is 10.0. The summed E-state index contributed by atoms with van der Waals surface area (Å²) in [6, 6.07) is 1.81. The second-order valence-corrected chi connectivity index (χ2v) is 8.45. The van der Waals surface area contributed by atoms with Gasteiger partial charge >= 0.3 is 0 Å². The van der Waals surface area contributed by atoms with Crippen molar-refractivity contribution < 1.29 is 4.79 Å². The number of rotatable bonds is 7. The van der Waals surface area contributed by atoms with E-state index >= 15 is 0 Å². The predicted octanol–water partition coefficient (Wildman–Crippen LogP) is 3.30. The van der Waals surface area contributed by atoms with Gasteiger partial charge in [-0.1, -0.05) is 32.0 Å². The Kier molecular flexibility index (Phi) is 6.62. The summed E-state index contributed by atoms with van der Waals surface area (Å²) < 4.78 is 0. The summed E-state index contributed by atoms with van der Waals surface area (Å²) in [6.07, 6.45) is 1.90. The number of nitrogens with one attached hydrogen (secondary N) is 1. The molecule has 3 N–H and O–H groups in total. The van der Waals surface area contributed by atoms with Crippen LogP contribution < -0.4 is 11.3 Å². The molecule has 0 spiro atoms. The molecule has 0 aromatic carbocycles. The summed E-state index contributed by atoms with van der Waals surface area (Å²) in [6.45, 7) is 7.82. The molecule has 2 aromatic heterocycles. The minimum atomic E-state index is -0.375. The highest BCUT2D eigenvalue weighted by atomic mass is 32.2. The van der Waals surface area contributed by atoms with E-state index in [1.54, 1.807) is 0 Å². The molecular weight excluding hydrogens is 368 g/mol. The molecule has 0 bridgehead atoms. The smallest absolute Gasteiger partial charge is 0.260 e. The van der Waals surface area contributed by atoms with Crippen molar-refractivity contribution in [3.63, 3.8) is 0 Å². The van der Waals surface area contributed by atoms with E-state index in [1.807, 2.05) is 13.0 Å². The topological polar surface area (TPSA) is 113 Å². The Bertz CT molecular complexity index is 962. The number of aromatic amines is 1. The minimum absolute atomic E-state index is 0.00400. The van der Waals surface area contributed by atoms with Crippen LogP contribution in [0.25, 0.3) is 10.2 Å². The number of hydrogen-bond donors (Lipinski definition) is 2. The van der Waals surface area contributed by atoms with Crippen LogP contribution in [-0.2, 0) is 11.2 Å². The molecule has 0 amide bonds. The number of nitrogens with zero attached hydrogens (tertiary/aromatic N) is 2. The molecular formula is C18H22N4O2S2. The zero-order chi connectivity index (χ0) is 19.4. The highest BCUT2D eigenvalue weighted by Gasteiger charge is 2.18. The van der Waals surface area contributed by atoms with Crippen molar-refractivity contribution in [2.24, 2.45) is 11.7 Å². The molecule has 0 fully saturated rings. The number of allylic oxidation sites excluding steroid dienone is 2. The molecule has 0 radical (unpaired) electrons. The minimum Gasteiger partial charge on any atom is -0.401 e. The fraction of sp³-hybridized carbons (Fsp3) is 0.444. The number of hydrogen-bond acceptors (Lipinski definition) is 7. The SMILES string of the molecule is CCC(C)Cc1c(C)sc2nc(SCC(=O)/C(C#N)=C(\C)N)[nH]c(=O)c12. The van der Waals surface area contributed by atoms with Crippen LogP contribution in [0.5, 0.6) is 0 Å². The molecule has 8 heteroatoms. The quantitative estimate of drug-likeness (QED) is 0.325. The molecule has 2 rings (SSSR count). The number of aryl methyl sites for hydroxylation is 1. The monoisotopic (exact) mass is 390 g/mol. The van der Waals surface area contributed by atoms with Gasteiger partial charge in [0.15, 0.2) is 10.9 Å².